The van der Waals surface area contributed by atoms with Crippen LogP contribution in [0.5, 0.6) is 5.75 Å². The molecule has 0 bridgehead atoms. The lowest BCUT2D eigenvalue weighted by Crippen LogP contribution is -2.22. The molecule has 0 saturated heterocycles. The van der Waals surface area contributed by atoms with E-state index in [1.54, 1.807) is 12.1 Å². The van der Waals surface area contributed by atoms with Gasteiger partial charge in [0.15, 0.2) is 6.10 Å². The Kier molecular flexibility index (Phi) is 3.59. The Labute approximate surface area is 128 Å². The SMILES string of the molecule is CC(Oc1ccc(-c2cn(C)c3ccccc23)cc1)C(=O)O. The highest BCUT2D eigenvalue weighted by atomic mass is 16.5. The van der Waals surface area contributed by atoms with E-state index in [-0.39, 0.29) is 0 Å². The molecular formula is C18H17NO3. The minimum Gasteiger partial charge on any atom is -0.479 e. The molecule has 0 spiro atoms. The van der Waals surface area contributed by atoms with Gasteiger partial charge in [-0.05, 0) is 30.7 Å². The second kappa shape index (κ2) is 5.56. The smallest absolute Gasteiger partial charge is 0.344 e. The van der Waals surface area contributed by atoms with Gasteiger partial charge in [0.2, 0.25) is 0 Å². The molecule has 4 nitrogen and oxygen atoms in total. The van der Waals surface area contributed by atoms with Crippen molar-refractivity contribution in [1.29, 1.82) is 0 Å². The summed E-state index contributed by atoms with van der Waals surface area (Å²) in [7, 11) is 2.03. The van der Waals surface area contributed by atoms with Gasteiger partial charge in [0.25, 0.3) is 0 Å². The zero-order valence-corrected chi connectivity index (χ0v) is 12.5. The summed E-state index contributed by atoms with van der Waals surface area (Å²) in [4.78, 5) is 10.8. The van der Waals surface area contributed by atoms with Gasteiger partial charge in [0.05, 0.1) is 0 Å². The highest BCUT2D eigenvalue weighted by Gasteiger charge is 2.13. The van der Waals surface area contributed by atoms with Crippen molar-refractivity contribution in [1.82, 2.24) is 4.57 Å². The van der Waals surface area contributed by atoms with Crippen molar-refractivity contribution < 1.29 is 14.6 Å². The number of hydrogen-bond acceptors (Lipinski definition) is 2. The number of aliphatic carboxylic acids is 1. The number of aromatic nitrogens is 1. The molecule has 22 heavy (non-hydrogen) atoms. The van der Waals surface area contributed by atoms with Crippen LogP contribution >= 0.6 is 0 Å². The topological polar surface area (TPSA) is 51.5 Å². The largest absolute Gasteiger partial charge is 0.479 e. The first kappa shape index (κ1) is 14.2. The molecule has 1 unspecified atom stereocenters. The van der Waals surface area contributed by atoms with Crippen molar-refractivity contribution in [3.63, 3.8) is 0 Å². The summed E-state index contributed by atoms with van der Waals surface area (Å²) >= 11 is 0. The Hall–Kier alpha value is -2.75. The number of benzene rings is 2. The number of carboxylic acid groups (broad SMARTS) is 1. The second-order valence-electron chi connectivity index (χ2n) is 5.29. The third-order valence-electron chi connectivity index (χ3n) is 3.72. The minimum atomic E-state index is -0.974. The molecule has 112 valence electrons. The first-order chi connectivity index (χ1) is 10.6. The molecule has 3 aromatic rings. The van der Waals surface area contributed by atoms with Gasteiger partial charge >= 0.3 is 5.97 Å². The average Bonchev–Trinajstić information content (AvgIpc) is 2.86. The van der Waals surface area contributed by atoms with Crippen molar-refractivity contribution in [2.24, 2.45) is 7.05 Å². The van der Waals surface area contributed by atoms with Crippen molar-refractivity contribution in [3.05, 3.63) is 54.7 Å². The summed E-state index contributed by atoms with van der Waals surface area (Å²) in [6, 6.07) is 15.7. The van der Waals surface area contributed by atoms with Crippen molar-refractivity contribution in [2.75, 3.05) is 0 Å². The normalized spacial score (nSPS) is 12.3. The van der Waals surface area contributed by atoms with Crippen molar-refractivity contribution in [3.8, 4) is 16.9 Å². The van der Waals surface area contributed by atoms with Crippen LogP contribution in [0.1, 0.15) is 6.92 Å². The molecule has 1 atom stereocenters. The van der Waals surface area contributed by atoms with Gasteiger partial charge in [-0.3, -0.25) is 0 Å². The maximum absolute atomic E-state index is 10.8. The fourth-order valence-corrected chi connectivity index (χ4v) is 2.54. The van der Waals surface area contributed by atoms with Crippen LogP contribution < -0.4 is 4.74 Å². The molecule has 0 aliphatic heterocycles. The molecule has 0 radical (unpaired) electrons. The Bertz CT molecular complexity index is 818. The maximum atomic E-state index is 10.8. The average molecular weight is 295 g/mol. The monoisotopic (exact) mass is 295 g/mol. The maximum Gasteiger partial charge on any atom is 0.344 e. The van der Waals surface area contributed by atoms with Crippen LogP contribution in [0.15, 0.2) is 54.7 Å². The number of rotatable bonds is 4. The summed E-state index contributed by atoms with van der Waals surface area (Å²) in [6.07, 6.45) is 1.24. The summed E-state index contributed by atoms with van der Waals surface area (Å²) in [5, 5.41) is 10.1. The van der Waals surface area contributed by atoms with E-state index in [2.05, 4.69) is 22.9 Å². The standard InChI is InChI=1S/C18H17NO3/c1-12(18(20)21)22-14-9-7-13(8-10-14)16-11-19(2)17-6-4-3-5-15(16)17/h3-12H,1-2H3,(H,20,21). The molecular weight excluding hydrogens is 278 g/mol. The molecule has 1 aromatic heterocycles. The molecule has 0 amide bonds. The lowest BCUT2D eigenvalue weighted by Gasteiger charge is -2.10. The lowest BCUT2D eigenvalue weighted by molar-refractivity contribution is -0.144. The van der Waals surface area contributed by atoms with Gasteiger partial charge in [0.1, 0.15) is 5.75 Å². The van der Waals surface area contributed by atoms with Crippen molar-refractivity contribution in [2.45, 2.75) is 13.0 Å². The predicted octanol–water partition coefficient (Wildman–Crippen LogP) is 3.70. The van der Waals surface area contributed by atoms with E-state index < -0.39 is 12.1 Å². The van der Waals surface area contributed by atoms with Crippen LogP contribution in [-0.2, 0) is 11.8 Å². The van der Waals surface area contributed by atoms with Gasteiger partial charge in [-0.1, -0.05) is 30.3 Å². The summed E-state index contributed by atoms with van der Waals surface area (Å²) < 4.78 is 7.45. The van der Waals surface area contributed by atoms with Gasteiger partial charge < -0.3 is 14.4 Å². The molecule has 1 N–H and O–H groups in total. The lowest BCUT2D eigenvalue weighted by atomic mass is 10.0. The molecule has 0 saturated carbocycles. The summed E-state index contributed by atoms with van der Waals surface area (Å²) in [6.45, 7) is 1.51. The van der Waals surface area contributed by atoms with Crippen LogP contribution in [0.25, 0.3) is 22.0 Å². The first-order valence-corrected chi connectivity index (χ1v) is 7.10. The van der Waals surface area contributed by atoms with E-state index in [0.29, 0.717) is 5.75 Å². The van der Waals surface area contributed by atoms with Gasteiger partial charge in [0, 0.05) is 29.7 Å². The number of aryl methyl sites for hydroxylation is 1. The predicted molar refractivity (Wildman–Crippen MR) is 86.1 cm³/mol. The van der Waals surface area contributed by atoms with Gasteiger partial charge in [-0.25, -0.2) is 4.79 Å². The van der Waals surface area contributed by atoms with E-state index in [1.807, 2.05) is 31.3 Å². The molecule has 4 heteroatoms. The summed E-state index contributed by atoms with van der Waals surface area (Å²) in [5.41, 5.74) is 3.40. The number of fused-ring (bicyclic) bond motifs is 1. The zero-order valence-electron chi connectivity index (χ0n) is 12.5. The number of carboxylic acids is 1. The van der Waals surface area contributed by atoms with Gasteiger partial charge in [-0.15, -0.1) is 0 Å². The fraction of sp³-hybridized carbons (Fsp3) is 0.167. The third kappa shape index (κ3) is 2.55. The quantitative estimate of drug-likeness (QED) is 0.798. The number of hydrogen-bond donors (Lipinski definition) is 1. The Morgan fingerprint density at radius 3 is 2.50 bits per heavy atom. The van der Waals surface area contributed by atoms with Crippen LogP contribution in [0.2, 0.25) is 0 Å². The van der Waals surface area contributed by atoms with E-state index in [0.717, 1.165) is 11.1 Å². The van der Waals surface area contributed by atoms with Gasteiger partial charge in [-0.2, -0.15) is 0 Å². The third-order valence-corrected chi connectivity index (χ3v) is 3.72. The molecule has 3 rings (SSSR count). The Balaban J connectivity index is 1.93. The molecule has 0 fully saturated rings. The zero-order chi connectivity index (χ0) is 15.7. The van der Waals surface area contributed by atoms with E-state index in [1.165, 1.54) is 17.8 Å². The Morgan fingerprint density at radius 1 is 1.14 bits per heavy atom. The first-order valence-electron chi connectivity index (χ1n) is 7.10. The minimum absolute atomic E-state index is 0.555. The Morgan fingerprint density at radius 2 is 1.82 bits per heavy atom. The summed E-state index contributed by atoms with van der Waals surface area (Å²) in [5.74, 6) is -0.419. The number of carbonyl (C=O) groups is 1. The highest BCUT2D eigenvalue weighted by Crippen LogP contribution is 2.31. The molecule has 0 aliphatic rings. The molecule has 2 aromatic carbocycles. The molecule has 1 heterocycles. The van der Waals surface area contributed by atoms with Crippen LogP contribution in [-0.4, -0.2) is 21.7 Å². The fourth-order valence-electron chi connectivity index (χ4n) is 2.54. The van der Waals surface area contributed by atoms with Crippen LogP contribution in [0.4, 0.5) is 0 Å². The van der Waals surface area contributed by atoms with E-state index in [4.69, 9.17) is 9.84 Å². The highest BCUT2D eigenvalue weighted by molar-refractivity contribution is 5.96. The van der Waals surface area contributed by atoms with E-state index in [9.17, 15) is 4.79 Å². The van der Waals surface area contributed by atoms with Crippen LogP contribution in [0.3, 0.4) is 0 Å². The van der Waals surface area contributed by atoms with Crippen LogP contribution in [0, 0.1) is 0 Å². The number of para-hydroxylation sites is 1. The second-order valence-corrected chi connectivity index (χ2v) is 5.29. The number of nitrogens with zero attached hydrogens (tertiary/aromatic N) is 1. The van der Waals surface area contributed by atoms with Crippen molar-refractivity contribution >= 4 is 16.9 Å². The van der Waals surface area contributed by atoms with E-state index >= 15 is 0 Å². The molecule has 0 aliphatic carbocycles. The number of ether oxygens (including phenoxy) is 1.